The number of nitrogens with one attached hydrogen (secondary N) is 1. The number of hydrogen-bond acceptors (Lipinski definition) is 4. The number of rotatable bonds is 8. The van der Waals surface area contributed by atoms with Crippen LogP contribution in [-0.2, 0) is 15.3 Å². The molecule has 174 valence electrons. The summed E-state index contributed by atoms with van der Waals surface area (Å²) < 4.78 is 0. The Morgan fingerprint density at radius 2 is 1.62 bits per heavy atom. The zero-order chi connectivity index (χ0) is 22.3. The van der Waals surface area contributed by atoms with Crippen LogP contribution in [0.3, 0.4) is 0 Å². The van der Waals surface area contributed by atoms with Crippen molar-refractivity contribution >= 4 is 36.0 Å². The molecule has 0 unspecified atom stereocenters. The third kappa shape index (κ3) is 7.54. The fourth-order valence-electron chi connectivity index (χ4n) is 3.77. The highest BCUT2D eigenvalue weighted by Gasteiger charge is 2.32. The van der Waals surface area contributed by atoms with Gasteiger partial charge in [0.1, 0.15) is 6.04 Å². The van der Waals surface area contributed by atoms with Gasteiger partial charge in [0.05, 0.1) is 5.54 Å². The molecule has 0 radical (unpaired) electrons. The molecule has 0 aliphatic carbocycles. The van der Waals surface area contributed by atoms with E-state index in [0.717, 1.165) is 18.6 Å². The smallest absolute Gasteiger partial charge is 0.246 e. The van der Waals surface area contributed by atoms with E-state index in [9.17, 15) is 9.59 Å². The maximum atomic E-state index is 13.3. The number of nitrogens with two attached hydrogens (primary N) is 1. The van der Waals surface area contributed by atoms with Crippen molar-refractivity contribution in [3.63, 3.8) is 0 Å². The predicted octanol–water partition coefficient (Wildman–Crippen LogP) is 3.97. The van der Waals surface area contributed by atoms with E-state index in [0.29, 0.717) is 24.8 Å². The van der Waals surface area contributed by atoms with Gasteiger partial charge in [-0.05, 0) is 43.7 Å². The summed E-state index contributed by atoms with van der Waals surface area (Å²) in [6.45, 7) is 4.74. The maximum Gasteiger partial charge on any atom is 0.246 e. The molecule has 3 rings (SSSR count). The fourth-order valence-corrected chi connectivity index (χ4v) is 4.77. The third-order valence-corrected chi connectivity index (χ3v) is 6.77. The number of piperidine rings is 1. The first kappa shape index (κ1) is 26.2. The number of hydrogen-bond donors (Lipinski definition) is 2. The molecule has 2 aromatic carbocycles. The molecule has 3 N–H and O–H groups in total. The average molecular weight is 476 g/mol. The van der Waals surface area contributed by atoms with Gasteiger partial charge < -0.3 is 16.0 Å². The summed E-state index contributed by atoms with van der Waals surface area (Å²) in [5.41, 5.74) is 7.48. The summed E-state index contributed by atoms with van der Waals surface area (Å²) in [7, 11) is 0. The van der Waals surface area contributed by atoms with E-state index >= 15 is 0 Å². The SMILES string of the molecule is CC(C)(N)C(=O)N[C@@H](CSCc1ccccc1)C(=O)N1CCC(c2ccccc2)CC1.Cl. The van der Waals surface area contributed by atoms with Crippen LogP contribution in [0.25, 0.3) is 0 Å². The van der Waals surface area contributed by atoms with Gasteiger partial charge in [-0.25, -0.2) is 0 Å². The van der Waals surface area contributed by atoms with Crippen LogP contribution in [0.1, 0.15) is 43.7 Å². The summed E-state index contributed by atoms with van der Waals surface area (Å²) in [4.78, 5) is 27.7. The first-order valence-corrected chi connectivity index (χ1v) is 12.1. The van der Waals surface area contributed by atoms with Gasteiger partial charge in [-0.3, -0.25) is 9.59 Å². The molecule has 0 spiro atoms. The van der Waals surface area contributed by atoms with Gasteiger partial charge in [-0.2, -0.15) is 11.8 Å². The number of amides is 2. The van der Waals surface area contributed by atoms with Crippen molar-refractivity contribution in [3.8, 4) is 0 Å². The molecule has 1 saturated heterocycles. The highest BCUT2D eigenvalue weighted by molar-refractivity contribution is 7.98. The van der Waals surface area contributed by atoms with Crippen LogP contribution in [0.5, 0.6) is 0 Å². The van der Waals surface area contributed by atoms with Crippen LogP contribution in [-0.4, -0.2) is 47.1 Å². The Labute approximate surface area is 201 Å². The lowest BCUT2D eigenvalue weighted by Gasteiger charge is -2.35. The lowest BCUT2D eigenvalue weighted by molar-refractivity contribution is -0.137. The molecular formula is C25H34ClN3O2S. The van der Waals surface area contributed by atoms with Crippen LogP contribution in [0.4, 0.5) is 0 Å². The quantitative estimate of drug-likeness (QED) is 0.605. The van der Waals surface area contributed by atoms with E-state index in [1.165, 1.54) is 11.1 Å². The van der Waals surface area contributed by atoms with Gasteiger partial charge in [0.2, 0.25) is 11.8 Å². The van der Waals surface area contributed by atoms with E-state index in [2.05, 4.69) is 41.7 Å². The van der Waals surface area contributed by atoms with Crippen molar-refractivity contribution in [2.24, 2.45) is 5.73 Å². The Kier molecular flexibility index (Phi) is 10.1. The highest BCUT2D eigenvalue weighted by Crippen LogP contribution is 2.28. The second-order valence-corrected chi connectivity index (χ2v) is 9.79. The molecule has 2 aromatic rings. The minimum absolute atomic E-state index is 0. The van der Waals surface area contributed by atoms with Crippen molar-refractivity contribution in [1.29, 1.82) is 0 Å². The molecule has 32 heavy (non-hydrogen) atoms. The van der Waals surface area contributed by atoms with E-state index in [1.807, 2.05) is 29.2 Å². The summed E-state index contributed by atoms with van der Waals surface area (Å²) in [6, 6.07) is 20.1. The molecule has 1 aliphatic heterocycles. The van der Waals surface area contributed by atoms with Crippen LogP contribution < -0.4 is 11.1 Å². The van der Waals surface area contributed by atoms with Gasteiger partial charge in [0, 0.05) is 24.6 Å². The maximum absolute atomic E-state index is 13.3. The first-order chi connectivity index (χ1) is 14.8. The minimum atomic E-state index is -1.02. The monoisotopic (exact) mass is 475 g/mol. The van der Waals surface area contributed by atoms with Crippen molar-refractivity contribution in [2.75, 3.05) is 18.8 Å². The van der Waals surface area contributed by atoms with Crippen LogP contribution in [0, 0.1) is 0 Å². The molecule has 1 aliphatic rings. The van der Waals surface area contributed by atoms with Gasteiger partial charge in [-0.15, -0.1) is 12.4 Å². The normalized spacial score (nSPS) is 15.5. The largest absolute Gasteiger partial charge is 0.342 e. The summed E-state index contributed by atoms with van der Waals surface area (Å²) in [5, 5.41) is 2.91. The molecule has 1 fully saturated rings. The van der Waals surface area contributed by atoms with E-state index in [-0.39, 0.29) is 24.2 Å². The Hall–Kier alpha value is -2.02. The van der Waals surface area contributed by atoms with Crippen LogP contribution in [0.2, 0.25) is 0 Å². The van der Waals surface area contributed by atoms with Crippen molar-refractivity contribution in [3.05, 3.63) is 71.8 Å². The molecule has 0 aromatic heterocycles. The Morgan fingerprint density at radius 1 is 1.06 bits per heavy atom. The molecule has 2 amide bonds. The van der Waals surface area contributed by atoms with Gasteiger partial charge >= 0.3 is 0 Å². The molecule has 5 nitrogen and oxygen atoms in total. The summed E-state index contributed by atoms with van der Waals surface area (Å²) >= 11 is 1.65. The molecule has 7 heteroatoms. The number of likely N-dealkylation sites (tertiary alicyclic amines) is 1. The number of halogens is 1. The zero-order valence-electron chi connectivity index (χ0n) is 18.8. The fraction of sp³-hybridized carbons (Fsp3) is 0.440. The first-order valence-electron chi connectivity index (χ1n) is 10.9. The number of thioether (sulfide) groups is 1. The topological polar surface area (TPSA) is 75.4 Å². The lowest BCUT2D eigenvalue weighted by Crippen LogP contribution is -2.57. The Morgan fingerprint density at radius 3 is 2.19 bits per heavy atom. The van der Waals surface area contributed by atoms with E-state index in [4.69, 9.17) is 5.73 Å². The molecule has 1 atom stereocenters. The number of carbonyl (C=O) groups excluding carboxylic acids is 2. The second kappa shape index (κ2) is 12.3. The molecule has 1 heterocycles. The minimum Gasteiger partial charge on any atom is -0.342 e. The van der Waals surface area contributed by atoms with Crippen LogP contribution >= 0.6 is 24.2 Å². The zero-order valence-corrected chi connectivity index (χ0v) is 20.5. The van der Waals surface area contributed by atoms with Crippen LogP contribution in [0.15, 0.2) is 60.7 Å². The predicted molar refractivity (Wildman–Crippen MR) is 135 cm³/mol. The van der Waals surface area contributed by atoms with E-state index < -0.39 is 11.6 Å². The molecule has 0 saturated carbocycles. The van der Waals surface area contributed by atoms with Crippen molar-refractivity contribution in [1.82, 2.24) is 10.2 Å². The van der Waals surface area contributed by atoms with Crippen molar-refractivity contribution in [2.45, 2.75) is 49.9 Å². The Bertz CT molecular complexity index is 850. The molecule has 0 bridgehead atoms. The highest BCUT2D eigenvalue weighted by atomic mass is 35.5. The second-order valence-electron chi connectivity index (χ2n) is 8.76. The lowest BCUT2D eigenvalue weighted by atomic mass is 9.89. The van der Waals surface area contributed by atoms with Gasteiger partial charge in [-0.1, -0.05) is 60.7 Å². The number of carbonyl (C=O) groups is 2. The van der Waals surface area contributed by atoms with Gasteiger partial charge in [0.15, 0.2) is 0 Å². The standard InChI is InChI=1S/C25H33N3O2S.ClH/c1-25(2,26)24(30)27-22(18-31-17-19-9-5-3-6-10-19)23(29)28-15-13-21(14-16-28)20-11-7-4-8-12-20;/h3-12,21-22H,13-18,26H2,1-2H3,(H,27,30);1H/t22-;/m0./s1. The number of benzene rings is 2. The van der Waals surface area contributed by atoms with E-state index in [1.54, 1.807) is 25.6 Å². The number of nitrogens with zero attached hydrogens (tertiary/aromatic N) is 1. The van der Waals surface area contributed by atoms with Gasteiger partial charge in [0.25, 0.3) is 0 Å². The van der Waals surface area contributed by atoms with Crippen molar-refractivity contribution < 1.29 is 9.59 Å². The Balaban J connectivity index is 0.00000363. The summed E-state index contributed by atoms with van der Waals surface area (Å²) in [6.07, 6.45) is 1.88. The third-order valence-electron chi connectivity index (χ3n) is 5.66. The summed E-state index contributed by atoms with van der Waals surface area (Å²) in [5.74, 6) is 1.49. The molecular weight excluding hydrogens is 442 g/mol. The average Bonchev–Trinajstić information content (AvgIpc) is 2.78.